The van der Waals surface area contributed by atoms with E-state index in [0.717, 1.165) is 37.4 Å². The fourth-order valence-corrected chi connectivity index (χ4v) is 3.91. The van der Waals surface area contributed by atoms with E-state index in [1.165, 1.54) is 18.5 Å². The van der Waals surface area contributed by atoms with E-state index in [2.05, 4.69) is 20.3 Å². The molecule has 1 aliphatic carbocycles. The normalized spacial score (nSPS) is 22.6. The van der Waals surface area contributed by atoms with Gasteiger partial charge in [0.25, 0.3) is 5.91 Å². The lowest BCUT2D eigenvalue weighted by molar-refractivity contribution is 0.0699. The van der Waals surface area contributed by atoms with Gasteiger partial charge in [-0.3, -0.25) is 9.48 Å². The van der Waals surface area contributed by atoms with Crippen molar-refractivity contribution in [3.05, 3.63) is 35.2 Å². The molecule has 5 rings (SSSR count). The molecule has 0 aromatic carbocycles. The van der Waals surface area contributed by atoms with E-state index >= 15 is 0 Å². The van der Waals surface area contributed by atoms with Gasteiger partial charge in [-0.2, -0.15) is 5.10 Å². The summed E-state index contributed by atoms with van der Waals surface area (Å²) in [6.07, 6.45) is 6.37. The van der Waals surface area contributed by atoms with E-state index in [-0.39, 0.29) is 12.0 Å². The van der Waals surface area contributed by atoms with Crippen molar-refractivity contribution in [2.45, 2.75) is 57.3 Å². The Balaban J connectivity index is 1.34. The number of amides is 1. The summed E-state index contributed by atoms with van der Waals surface area (Å²) in [5.74, 6) is 1.63. The zero-order chi connectivity index (χ0) is 17.0. The Morgan fingerprint density at radius 1 is 1.24 bits per heavy atom. The van der Waals surface area contributed by atoms with Crippen molar-refractivity contribution in [1.29, 1.82) is 0 Å². The first-order chi connectivity index (χ1) is 12.2. The zero-order valence-electron chi connectivity index (χ0n) is 14.5. The van der Waals surface area contributed by atoms with Crippen LogP contribution in [-0.4, -0.2) is 49.9 Å². The van der Waals surface area contributed by atoms with Crippen molar-refractivity contribution in [2.75, 3.05) is 13.7 Å². The second-order valence-electron chi connectivity index (χ2n) is 7.37. The molecular weight excluding hydrogens is 318 g/mol. The predicted molar refractivity (Wildman–Crippen MR) is 90.3 cm³/mol. The lowest BCUT2D eigenvalue weighted by Gasteiger charge is -2.27. The van der Waals surface area contributed by atoms with Gasteiger partial charge in [0.2, 0.25) is 0 Å². The largest absolute Gasteiger partial charge is 0.381 e. The van der Waals surface area contributed by atoms with Gasteiger partial charge in [-0.05, 0) is 25.3 Å². The minimum atomic E-state index is 0.0243. The lowest BCUT2D eigenvalue weighted by Crippen LogP contribution is -2.38. The summed E-state index contributed by atoms with van der Waals surface area (Å²) in [4.78, 5) is 19.4. The molecule has 2 aromatic heterocycles. The summed E-state index contributed by atoms with van der Waals surface area (Å²) in [6, 6.07) is 2.18. The molecule has 0 radical (unpaired) electrons. The zero-order valence-corrected chi connectivity index (χ0v) is 14.5. The highest BCUT2D eigenvalue weighted by molar-refractivity contribution is 5.92. The number of ether oxygens (including phenoxy) is 1. The third-order valence-electron chi connectivity index (χ3n) is 5.61. The molecule has 25 heavy (non-hydrogen) atoms. The van der Waals surface area contributed by atoms with Crippen molar-refractivity contribution in [3.8, 4) is 0 Å². The molecule has 7 heteroatoms. The quantitative estimate of drug-likeness (QED) is 0.850. The first-order valence-electron chi connectivity index (χ1n) is 9.16. The molecule has 1 atom stereocenters. The highest BCUT2D eigenvalue weighted by atomic mass is 16.5. The first kappa shape index (κ1) is 15.1. The molecular formula is C18H23N5O2. The second-order valence-corrected chi connectivity index (χ2v) is 7.37. The van der Waals surface area contributed by atoms with E-state index < -0.39 is 0 Å². The monoisotopic (exact) mass is 341 g/mol. The first-order valence-corrected chi connectivity index (χ1v) is 9.16. The molecule has 0 spiro atoms. The Hall–Kier alpha value is -2.15. The van der Waals surface area contributed by atoms with Gasteiger partial charge >= 0.3 is 0 Å². The number of hydrogen-bond donors (Lipinski definition) is 0. The number of fused-ring (bicyclic) bond motifs is 2. The van der Waals surface area contributed by atoms with Crippen LogP contribution in [0.3, 0.4) is 0 Å². The van der Waals surface area contributed by atoms with Crippen LogP contribution < -0.4 is 0 Å². The molecule has 3 aliphatic rings. The van der Waals surface area contributed by atoms with Gasteiger partial charge in [0.15, 0.2) is 0 Å². The molecule has 7 nitrogen and oxygen atoms in total. The maximum absolute atomic E-state index is 12.9. The average molecular weight is 341 g/mol. The topological polar surface area (TPSA) is 65.2 Å². The number of carbonyl (C=O) groups is 1. The summed E-state index contributed by atoms with van der Waals surface area (Å²) < 4.78 is 9.61. The molecule has 2 aliphatic heterocycles. The van der Waals surface area contributed by atoms with E-state index in [0.29, 0.717) is 24.7 Å². The Morgan fingerprint density at radius 3 is 2.92 bits per heavy atom. The number of nitrogens with zero attached hydrogens (tertiary/aromatic N) is 5. The molecule has 132 valence electrons. The molecule has 2 aromatic rings. The maximum Gasteiger partial charge on any atom is 0.274 e. The summed E-state index contributed by atoms with van der Waals surface area (Å²) in [6.45, 7) is 2.96. The van der Waals surface area contributed by atoms with E-state index in [1.807, 2.05) is 11.1 Å². The number of methoxy groups -OCH3 is 1. The molecule has 1 unspecified atom stereocenters. The smallest absolute Gasteiger partial charge is 0.274 e. The molecule has 1 amide bonds. The number of hydrogen-bond acceptors (Lipinski definition) is 4. The van der Waals surface area contributed by atoms with Crippen molar-refractivity contribution >= 4 is 5.91 Å². The van der Waals surface area contributed by atoms with E-state index in [4.69, 9.17) is 9.84 Å². The standard InChI is InChI=1S/C18H23N5O2/c1-25-14-4-5-21-11-16(19-17(21)9-14)18(24)22-6-7-23-13(10-22)8-15(20-23)12-2-3-12/h8,11-12,14H,2-7,9-10H2,1H3. The number of aromatic nitrogens is 4. The van der Waals surface area contributed by atoms with Crippen molar-refractivity contribution in [3.63, 3.8) is 0 Å². The average Bonchev–Trinajstić information content (AvgIpc) is 3.26. The number of carbonyl (C=O) groups excluding carboxylic acids is 1. The summed E-state index contributed by atoms with van der Waals surface area (Å²) >= 11 is 0. The van der Waals surface area contributed by atoms with Crippen LogP contribution in [-0.2, 0) is 30.8 Å². The van der Waals surface area contributed by atoms with Crippen molar-refractivity contribution in [1.82, 2.24) is 24.2 Å². The number of aryl methyl sites for hydroxylation is 1. The van der Waals surface area contributed by atoms with Gasteiger partial charge in [0.05, 0.1) is 30.6 Å². The fourth-order valence-electron chi connectivity index (χ4n) is 3.91. The van der Waals surface area contributed by atoms with Gasteiger partial charge in [-0.25, -0.2) is 4.98 Å². The number of rotatable bonds is 3. The maximum atomic E-state index is 12.9. The molecule has 4 heterocycles. The minimum Gasteiger partial charge on any atom is -0.381 e. The highest BCUT2D eigenvalue weighted by Gasteiger charge is 2.31. The van der Waals surface area contributed by atoms with Crippen LogP contribution in [0.15, 0.2) is 12.3 Å². The Morgan fingerprint density at radius 2 is 2.12 bits per heavy atom. The van der Waals surface area contributed by atoms with Gasteiger partial charge in [-0.15, -0.1) is 0 Å². The predicted octanol–water partition coefficient (Wildman–Crippen LogP) is 1.57. The van der Waals surface area contributed by atoms with Crippen LogP contribution in [0, 0.1) is 0 Å². The second kappa shape index (κ2) is 5.69. The fraction of sp³-hybridized carbons (Fsp3) is 0.611. The van der Waals surface area contributed by atoms with Crippen molar-refractivity contribution < 1.29 is 9.53 Å². The van der Waals surface area contributed by atoms with Crippen LogP contribution in [0.1, 0.15) is 52.9 Å². The van der Waals surface area contributed by atoms with Crippen LogP contribution in [0.5, 0.6) is 0 Å². The summed E-state index contributed by atoms with van der Waals surface area (Å²) in [5.41, 5.74) is 2.90. The van der Waals surface area contributed by atoms with Gasteiger partial charge in [-0.1, -0.05) is 0 Å². The van der Waals surface area contributed by atoms with Gasteiger partial charge in [0, 0.05) is 38.7 Å². The molecule has 1 fully saturated rings. The lowest BCUT2D eigenvalue weighted by atomic mass is 10.1. The van der Waals surface area contributed by atoms with Gasteiger partial charge in [0.1, 0.15) is 11.5 Å². The van der Waals surface area contributed by atoms with E-state index in [1.54, 1.807) is 7.11 Å². The number of imidazole rings is 1. The van der Waals surface area contributed by atoms with Gasteiger partial charge < -0.3 is 14.2 Å². The van der Waals surface area contributed by atoms with Crippen LogP contribution in [0.25, 0.3) is 0 Å². The van der Waals surface area contributed by atoms with Crippen LogP contribution >= 0.6 is 0 Å². The summed E-state index contributed by atoms with van der Waals surface area (Å²) in [5, 5.41) is 4.70. The third kappa shape index (κ3) is 2.66. The third-order valence-corrected chi connectivity index (χ3v) is 5.61. The van der Waals surface area contributed by atoms with Crippen LogP contribution in [0.2, 0.25) is 0 Å². The van der Waals surface area contributed by atoms with Crippen molar-refractivity contribution in [2.24, 2.45) is 0 Å². The van der Waals surface area contributed by atoms with Crippen LogP contribution in [0.4, 0.5) is 0 Å². The molecule has 1 saturated carbocycles. The Labute approximate surface area is 146 Å². The highest BCUT2D eigenvalue weighted by Crippen LogP contribution is 2.39. The molecule has 0 bridgehead atoms. The Bertz CT molecular complexity index is 820. The Kier molecular flexibility index (Phi) is 3.45. The molecule has 0 N–H and O–H groups in total. The van der Waals surface area contributed by atoms with E-state index in [9.17, 15) is 4.79 Å². The SMILES string of the molecule is COC1CCn2cc(C(=O)N3CCn4nc(C5CC5)cc4C3)nc2C1. The minimum absolute atomic E-state index is 0.0243. The summed E-state index contributed by atoms with van der Waals surface area (Å²) in [7, 11) is 1.74. The molecule has 0 saturated heterocycles.